The highest BCUT2D eigenvalue weighted by Gasteiger charge is 2.35. The normalized spacial score (nSPS) is 14.0. The maximum absolute atomic E-state index is 12.3. The highest BCUT2D eigenvalue weighted by atomic mass is 19.4. The molecule has 1 heterocycles. The molecule has 1 rings (SSSR count). The summed E-state index contributed by atoms with van der Waals surface area (Å²) in [6.07, 6.45) is -4.47. The average Bonchev–Trinajstić information content (AvgIpc) is 2.45. The zero-order valence-electron chi connectivity index (χ0n) is 8.59. The molecule has 0 spiro atoms. The fraction of sp³-hybridized carbons (Fsp3) is 0.556. The SMILES string of the molecule is CC(=O)C(C)n1nc(C(F)(F)F)cc1C. The van der Waals surface area contributed by atoms with Crippen LogP contribution in [0.3, 0.4) is 0 Å². The van der Waals surface area contributed by atoms with Crippen molar-refractivity contribution >= 4 is 5.78 Å². The molecule has 0 aliphatic heterocycles. The highest BCUT2D eigenvalue weighted by Crippen LogP contribution is 2.29. The van der Waals surface area contributed by atoms with E-state index in [0.29, 0.717) is 5.69 Å². The van der Waals surface area contributed by atoms with Crippen molar-refractivity contribution in [2.75, 3.05) is 0 Å². The van der Waals surface area contributed by atoms with Crippen molar-refractivity contribution in [1.29, 1.82) is 0 Å². The number of hydrogen-bond donors (Lipinski definition) is 0. The molecule has 1 aromatic rings. The third-order valence-electron chi connectivity index (χ3n) is 2.17. The van der Waals surface area contributed by atoms with Crippen LogP contribution in [0.1, 0.15) is 31.3 Å². The first-order valence-corrected chi connectivity index (χ1v) is 4.37. The van der Waals surface area contributed by atoms with Crippen LogP contribution in [0.5, 0.6) is 0 Å². The fourth-order valence-corrected chi connectivity index (χ4v) is 1.19. The van der Waals surface area contributed by atoms with Gasteiger partial charge in [0.05, 0.1) is 0 Å². The zero-order valence-corrected chi connectivity index (χ0v) is 8.59. The number of carbonyl (C=O) groups excluding carboxylic acids is 1. The lowest BCUT2D eigenvalue weighted by molar-refractivity contribution is -0.141. The minimum absolute atomic E-state index is 0.227. The van der Waals surface area contributed by atoms with E-state index in [0.717, 1.165) is 10.7 Å². The summed E-state index contributed by atoms with van der Waals surface area (Å²) in [6.45, 7) is 4.32. The van der Waals surface area contributed by atoms with E-state index in [1.54, 1.807) is 0 Å². The Morgan fingerprint density at radius 1 is 1.53 bits per heavy atom. The van der Waals surface area contributed by atoms with Crippen LogP contribution in [0.4, 0.5) is 13.2 Å². The van der Waals surface area contributed by atoms with E-state index in [4.69, 9.17) is 0 Å². The third kappa shape index (κ3) is 2.37. The van der Waals surface area contributed by atoms with Gasteiger partial charge in [-0.15, -0.1) is 0 Å². The van der Waals surface area contributed by atoms with Crippen molar-refractivity contribution in [2.45, 2.75) is 33.0 Å². The van der Waals surface area contributed by atoms with E-state index in [-0.39, 0.29) is 5.78 Å². The molecule has 15 heavy (non-hydrogen) atoms. The first kappa shape index (κ1) is 11.7. The fourth-order valence-electron chi connectivity index (χ4n) is 1.19. The first-order valence-electron chi connectivity index (χ1n) is 4.37. The summed E-state index contributed by atoms with van der Waals surface area (Å²) in [5.41, 5.74) is -0.641. The standard InChI is InChI=1S/C9H11F3N2O/c1-5-4-8(9(10,11)12)13-14(5)6(2)7(3)15/h4,6H,1-3H3. The van der Waals surface area contributed by atoms with E-state index in [9.17, 15) is 18.0 Å². The highest BCUT2D eigenvalue weighted by molar-refractivity contribution is 5.79. The van der Waals surface area contributed by atoms with E-state index < -0.39 is 17.9 Å². The van der Waals surface area contributed by atoms with Crippen molar-refractivity contribution in [3.63, 3.8) is 0 Å². The van der Waals surface area contributed by atoms with Gasteiger partial charge in [-0.05, 0) is 26.8 Å². The van der Waals surface area contributed by atoms with Gasteiger partial charge >= 0.3 is 6.18 Å². The van der Waals surface area contributed by atoms with Gasteiger partial charge in [0.25, 0.3) is 0 Å². The van der Waals surface area contributed by atoms with Gasteiger partial charge in [0.2, 0.25) is 0 Å². The van der Waals surface area contributed by atoms with Crippen LogP contribution >= 0.6 is 0 Å². The molecule has 0 saturated carbocycles. The quantitative estimate of drug-likeness (QED) is 0.766. The van der Waals surface area contributed by atoms with Crippen LogP contribution in [0.25, 0.3) is 0 Å². The number of carbonyl (C=O) groups is 1. The molecule has 0 aliphatic carbocycles. The monoisotopic (exact) mass is 220 g/mol. The lowest BCUT2D eigenvalue weighted by Crippen LogP contribution is -2.17. The molecule has 0 N–H and O–H groups in total. The number of ketones is 1. The van der Waals surface area contributed by atoms with Crippen molar-refractivity contribution in [2.24, 2.45) is 0 Å². The summed E-state index contributed by atoms with van der Waals surface area (Å²) in [5, 5.41) is 3.37. The molecule has 0 amide bonds. The van der Waals surface area contributed by atoms with Crippen LogP contribution in [0, 0.1) is 6.92 Å². The summed E-state index contributed by atoms with van der Waals surface area (Å²) in [4.78, 5) is 11.0. The maximum Gasteiger partial charge on any atom is 0.435 e. The van der Waals surface area contributed by atoms with Crippen molar-refractivity contribution in [3.05, 3.63) is 17.5 Å². The van der Waals surface area contributed by atoms with Crippen LogP contribution < -0.4 is 0 Å². The molecule has 0 bridgehead atoms. The van der Waals surface area contributed by atoms with Gasteiger partial charge in [-0.1, -0.05) is 0 Å². The number of alkyl halides is 3. The zero-order chi connectivity index (χ0) is 11.8. The third-order valence-corrected chi connectivity index (χ3v) is 2.17. The predicted octanol–water partition coefficient (Wildman–Crippen LogP) is 2.36. The van der Waals surface area contributed by atoms with Crippen molar-refractivity contribution < 1.29 is 18.0 Å². The smallest absolute Gasteiger partial charge is 0.298 e. The topological polar surface area (TPSA) is 34.9 Å². The van der Waals surface area contributed by atoms with Crippen LogP contribution in [0.2, 0.25) is 0 Å². The van der Waals surface area contributed by atoms with Crippen LogP contribution in [-0.2, 0) is 11.0 Å². The molecule has 0 saturated heterocycles. The molecule has 1 atom stereocenters. The number of halogens is 3. The lowest BCUT2D eigenvalue weighted by atomic mass is 10.2. The number of Topliss-reactive ketones (excluding diaryl/α,β-unsaturated/α-hetero) is 1. The second-order valence-corrected chi connectivity index (χ2v) is 3.40. The number of hydrogen-bond acceptors (Lipinski definition) is 2. The predicted molar refractivity (Wildman–Crippen MR) is 47.4 cm³/mol. The first-order chi connectivity index (χ1) is 6.73. The Balaban J connectivity index is 3.12. The molecule has 0 aliphatic rings. The largest absolute Gasteiger partial charge is 0.435 e. The summed E-state index contributed by atoms with van der Waals surface area (Å²) in [7, 11) is 0. The van der Waals surface area contributed by atoms with E-state index >= 15 is 0 Å². The second-order valence-electron chi connectivity index (χ2n) is 3.40. The maximum atomic E-state index is 12.3. The number of nitrogens with zero attached hydrogens (tertiary/aromatic N) is 2. The summed E-state index contributed by atoms with van der Waals surface area (Å²) >= 11 is 0. The van der Waals surface area contributed by atoms with Crippen molar-refractivity contribution in [1.82, 2.24) is 9.78 Å². The van der Waals surface area contributed by atoms with E-state index in [1.165, 1.54) is 20.8 Å². The average molecular weight is 220 g/mol. The Morgan fingerprint density at radius 2 is 2.07 bits per heavy atom. The molecule has 0 fully saturated rings. The van der Waals surface area contributed by atoms with Gasteiger partial charge in [0.15, 0.2) is 11.5 Å². The molecule has 1 aromatic heterocycles. The lowest BCUT2D eigenvalue weighted by Gasteiger charge is -2.10. The Kier molecular flexibility index (Phi) is 2.88. The Bertz CT molecular complexity index is 381. The number of aromatic nitrogens is 2. The molecular formula is C9H11F3N2O. The second kappa shape index (κ2) is 3.67. The minimum atomic E-state index is -4.47. The number of aryl methyl sites for hydroxylation is 1. The summed E-state index contributed by atoms with van der Waals surface area (Å²) < 4.78 is 37.9. The Labute approximate surface area is 84.9 Å². The summed E-state index contributed by atoms with van der Waals surface area (Å²) in [6, 6.07) is 0.264. The van der Waals surface area contributed by atoms with E-state index in [2.05, 4.69) is 5.10 Å². The molecule has 0 radical (unpaired) electrons. The minimum Gasteiger partial charge on any atom is -0.298 e. The number of rotatable bonds is 2. The molecule has 84 valence electrons. The van der Waals surface area contributed by atoms with Crippen LogP contribution in [0.15, 0.2) is 6.07 Å². The van der Waals surface area contributed by atoms with Gasteiger partial charge in [-0.3, -0.25) is 9.48 Å². The molecule has 3 nitrogen and oxygen atoms in total. The van der Waals surface area contributed by atoms with Gasteiger partial charge in [-0.2, -0.15) is 18.3 Å². The van der Waals surface area contributed by atoms with Crippen molar-refractivity contribution in [3.8, 4) is 0 Å². The van der Waals surface area contributed by atoms with Gasteiger partial charge in [0.1, 0.15) is 6.04 Å². The summed E-state index contributed by atoms with van der Waals surface area (Å²) in [5.74, 6) is -0.227. The van der Waals surface area contributed by atoms with Gasteiger partial charge in [0, 0.05) is 5.69 Å². The molecule has 1 unspecified atom stereocenters. The molecule has 0 aromatic carbocycles. The Morgan fingerprint density at radius 3 is 2.40 bits per heavy atom. The Hall–Kier alpha value is -1.33. The molecule has 6 heteroatoms. The van der Waals surface area contributed by atoms with Gasteiger partial charge in [-0.25, -0.2) is 0 Å². The van der Waals surface area contributed by atoms with E-state index in [1.807, 2.05) is 0 Å². The van der Waals surface area contributed by atoms with Gasteiger partial charge < -0.3 is 0 Å². The van der Waals surface area contributed by atoms with Crippen LogP contribution in [-0.4, -0.2) is 15.6 Å². The molecular weight excluding hydrogens is 209 g/mol.